The summed E-state index contributed by atoms with van der Waals surface area (Å²) in [5, 5.41) is 30.3. The summed E-state index contributed by atoms with van der Waals surface area (Å²) in [4.78, 5) is 21.3. The molecule has 6 nitrogen and oxygen atoms in total. The van der Waals surface area contributed by atoms with Crippen molar-refractivity contribution in [1.29, 1.82) is 0 Å². The summed E-state index contributed by atoms with van der Waals surface area (Å²) in [6.45, 7) is 1.35. The third kappa shape index (κ3) is 4.15. The normalized spacial score (nSPS) is 13.7. The van der Waals surface area contributed by atoms with Gasteiger partial charge in [-0.25, -0.2) is 0 Å². The highest BCUT2D eigenvalue weighted by Gasteiger charge is 2.21. The fourth-order valence-corrected chi connectivity index (χ4v) is 1.52. The lowest BCUT2D eigenvalue weighted by molar-refractivity contribution is -0.141. The quantitative estimate of drug-likeness (QED) is 0.611. The van der Waals surface area contributed by atoms with Crippen LogP contribution in [-0.2, 0) is 9.59 Å². The maximum atomic E-state index is 10.9. The summed E-state index contributed by atoms with van der Waals surface area (Å²) in [5.74, 6) is -1.45. The predicted molar refractivity (Wildman–Crippen MR) is 64.0 cm³/mol. The number of rotatable bonds is 5. The zero-order valence-corrected chi connectivity index (χ0v) is 9.83. The van der Waals surface area contributed by atoms with Gasteiger partial charge in [-0.2, -0.15) is 0 Å². The maximum absolute atomic E-state index is 10.9. The summed E-state index contributed by atoms with van der Waals surface area (Å²) in [7, 11) is 0. The minimum atomic E-state index is -1.39. The smallest absolute Gasteiger partial charge is 0.306 e. The fraction of sp³-hybridized carbons (Fsp3) is 0.333. The Labute approximate surface area is 104 Å². The van der Waals surface area contributed by atoms with Crippen LogP contribution < -0.4 is 5.32 Å². The first-order valence-electron chi connectivity index (χ1n) is 5.35. The van der Waals surface area contributed by atoms with Gasteiger partial charge in [0, 0.05) is 12.6 Å². The van der Waals surface area contributed by atoms with Gasteiger partial charge >= 0.3 is 5.97 Å². The lowest BCUT2D eigenvalue weighted by Crippen LogP contribution is -2.21. The van der Waals surface area contributed by atoms with E-state index in [1.807, 2.05) is 0 Å². The molecule has 0 aliphatic heterocycles. The Kier molecular flexibility index (Phi) is 4.82. The maximum Gasteiger partial charge on any atom is 0.306 e. The molecule has 0 bridgehead atoms. The molecule has 1 amide bonds. The average Bonchev–Trinajstić information content (AvgIpc) is 2.26. The molecule has 6 heteroatoms. The van der Waals surface area contributed by atoms with Crippen LogP contribution in [0.15, 0.2) is 24.3 Å². The van der Waals surface area contributed by atoms with E-state index in [0.29, 0.717) is 11.3 Å². The molecule has 18 heavy (non-hydrogen) atoms. The number of carboxylic acid groups (broad SMARTS) is 1. The summed E-state index contributed by atoms with van der Waals surface area (Å²) in [6.07, 6.45) is -3.25. The third-order valence-corrected chi connectivity index (χ3v) is 2.30. The largest absolute Gasteiger partial charge is 0.481 e. The second-order valence-electron chi connectivity index (χ2n) is 3.92. The lowest BCUT2D eigenvalue weighted by Gasteiger charge is -2.17. The minimum absolute atomic E-state index is 0.257. The number of aliphatic hydroxyl groups excluding tert-OH is 2. The Bertz CT molecular complexity index is 446. The van der Waals surface area contributed by atoms with Crippen LogP contribution in [0.1, 0.15) is 25.0 Å². The van der Waals surface area contributed by atoms with Crippen LogP contribution in [0.3, 0.4) is 0 Å². The highest BCUT2D eigenvalue weighted by atomic mass is 16.4. The molecule has 1 rings (SSSR count). The van der Waals surface area contributed by atoms with E-state index in [0.717, 1.165) is 0 Å². The minimum Gasteiger partial charge on any atom is -0.481 e. The molecule has 0 aromatic heterocycles. The molecule has 1 aromatic rings. The Balaban J connectivity index is 2.82. The number of aliphatic carboxylic acids is 1. The summed E-state index contributed by atoms with van der Waals surface area (Å²) in [6, 6.07) is 6.25. The SMILES string of the molecule is CC(=O)Nc1cccc(C(O)C(O)CC(=O)O)c1. The van der Waals surface area contributed by atoms with Crippen molar-refractivity contribution in [2.75, 3.05) is 5.32 Å². The van der Waals surface area contributed by atoms with E-state index in [1.54, 1.807) is 18.2 Å². The van der Waals surface area contributed by atoms with E-state index in [1.165, 1.54) is 13.0 Å². The van der Waals surface area contributed by atoms with Gasteiger partial charge in [-0.15, -0.1) is 0 Å². The molecule has 0 saturated heterocycles. The van der Waals surface area contributed by atoms with Crippen molar-refractivity contribution in [1.82, 2.24) is 0 Å². The van der Waals surface area contributed by atoms with Crippen molar-refractivity contribution < 1.29 is 24.9 Å². The number of hydrogen-bond acceptors (Lipinski definition) is 4. The van der Waals surface area contributed by atoms with E-state index in [2.05, 4.69) is 5.32 Å². The zero-order chi connectivity index (χ0) is 13.7. The van der Waals surface area contributed by atoms with Crippen LogP contribution in [0.5, 0.6) is 0 Å². The molecule has 0 radical (unpaired) electrons. The Morgan fingerprint density at radius 3 is 2.56 bits per heavy atom. The second kappa shape index (κ2) is 6.13. The topological polar surface area (TPSA) is 107 Å². The molecule has 2 atom stereocenters. The zero-order valence-electron chi connectivity index (χ0n) is 9.83. The standard InChI is InChI=1S/C12H15NO5/c1-7(14)13-9-4-2-3-8(5-9)12(18)10(15)6-11(16)17/h2-5,10,12,15,18H,6H2,1H3,(H,13,14)(H,16,17). The molecular formula is C12H15NO5. The number of carbonyl (C=O) groups is 2. The van der Waals surface area contributed by atoms with Crippen LogP contribution in [0.25, 0.3) is 0 Å². The first kappa shape index (κ1) is 14.1. The monoisotopic (exact) mass is 253 g/mol. The van der Waals surface area contributed by atoms with Crippen molar-refractivity contribution >= 4 is 17.6 Å². The Morgan fingerprint density at radius 2 is 2.00 bits per heavy atom. The van der Waals surface area contributed by atoms with Gasteiger partial charge in [-0.3, -0.25) is 9.59 Å². The number of carboxylic acids is 1. The van der Waals surface area contributed by atoms with Gasteiger partial charge < -0.3 is 20.6 Å². The molecule has 98 valence electrons. The molecule has 0 aliphatic carbocycles. The first-order valence-corrected chi connectivity index (χ1v) is 5.35. The summed E-state index contributed by atoms with van der Waals surface area (Å²) in [5.41, 5.74) is 0.816. The van der Waals surface area contributed by atoms with Crippen LogP contribution in [0, 0.1) is 0 Å². The Hall–Kier alpha value is -1.92. The van der Waals surface area contributed by atoms with Crippen LogP contribution in [0.4, 0.5) is 5.69 Å². The van der Waals surface area contributed by atoms with E-state index < -0.39 is 24.6 Å². The van der Waals surface area contributed by atoms with Gasteiger partial charge in [0.05, 0.1) is 12.5 Å². The molecule has 0 fully saturated rings. The van der Waals surface area contributed by atoms with Crippen molar-refractivity contribution in [2.45, 2.75) is 25.6 Å². The van der Waals surface area contributed by atoms with Crippen molar-refractivity contribution in [3.63, 3.8) is 0 Å². The molecule has 0 heterocycles. The van der Waals surface area contributed by atoms with Gasteiger partial charge in [0.2, 0.25) is 5.91 Å². The molecule has 2 unspecified atom stereocenters. The molecule has 4 N–H and O–H groups in total. The lowest BCUT2D eigenvalue weighted by atomic mass is 10.0. The van der Waals surface area contributed by atoms with Crippen LogP contribution >= 0.6 is 0 Å². The molecule has 0 spiro atoms. The van der Waals surface area contributed by atoms with E-state index in [-0.39, 0.29) is 5.91 Å². The number of aliphatic hydroxyl groups is 2. The number of carbonyl (C=O) groups excluding carboxylic acids is 1. The number of nitrogens with one attached hydrogen (secondary N) is 1. The number of amides is 1. The molecule has 0 aliphatic rings. The number of anilines is 1. The Morgan fingerprint density at radius 1 is 1.33 bits per heavy atom. The van der Waals surface area contributed by atoms with Gasteiger partial charge in [0.1, 0.15) is 6.10 Å². The fourth-order valence-electron chi connectivity index (χ4n) is 1.52. The second-order valence-corrected chi connectivity index (χ2v) is 3.92. The van der Waals surface area contributed by atoms with Gasteiger partial charge in [-0.05, 0) is 17.7 Å². The number of benzene rings is 1. The van der Waals surface area contributed by atoms with Crippen LogP contribution in [0.2, 0.25) is 0 Å². The summed E-state index contributed by atoms with van der Waals surface area (Å²) < 4.78 is 0. The third-order valence-electron chi connectivity index (χ3n) is 2.30. The number of hydrogen-bond donors (Lipinski definition) is 4. The molecule has 1 aromatic carbocycles. The predicted octanol–water partition coefficient (Wildman–Crippen LogP) is 0.514. The van der Waals surface area contributed by atoms with Gasteiger partial charge in [-0.1, -0.05) is 12.1 Å². The highest BCUT2D eigenvalue weighted by Crippen LogP contribution is 2.22. The average molecular weight is 253 g/mol. The van der Waals surface area contributed by atoms with Crippen molar-refractivity contribution in [3.05, 3.63) is 29.8 Å². The first-order chi connectivity index (χ1) is 8.40. The van der Waals surface area contributed by atoms with E-state index in [4.69, 9.17) is 5.11 Å². The van der Waals surface area contributed by atoms with Crippen LogP contribution in [-0.4, -0.2) is 33.3 Å². The van der Waals surface area contributed by atoms with Crippen molar-refractivity contribution in [3.8, 4) is 0 Å². The highest BCUT2D eigenvalue weighted by molar-refractivity contribution is 5.88. The van der Waals surface area contributed by atoms with E-state index >= 15 is 0 Å². The van der Waals surface area contributed by atoms with E-state index in [9.17, 15) is 19.8 Å². The summed E-state index contributed by atoms with van der Waals surface area (Å²) >= 11 is 0. The van der Waals surface area contributed by atoms with Gasteiger partial charge in [0.15, 0.2) is 0 Å². The molecular weight excluding hydrogens is 238 g/mol. The van der Waals surface area contributed by atoms with Gasteiger partial charge in [0.25, 0.3) is 0 Å². The molecule has 0 saturated carbocycles. The van der Waals surface area contributed by atoms with Crippen molar-refractivity contribution in [2.24, 2.45) is 0 Å².